The van der Waals surface area contributed by atoms with Crippen molar-refractivity contribution in [3.8, 4) is 5.75 Å². The second-order valence-electron chi connectivity index (χ2n) is 9.20. The summed E-state index contributed by atoms with van der Waals surface area (Å²) in [5.74, 6) is 1.24. The Morgan fingerprint density at radius 3 is 2.75 bits per heavy atom. The first-order chi connectivity index (χ1) is 15.5. The number of ether oxygens (including phenoxy) is 1. The van der Waals surface area contributed by atoms with E-state index in [2.05, 4.69) is 16.4 Å². The molecule has 1 aliphatic carbocycles. The van der Waals surface area contributed by atoms with Crippen LogP contribution in [0.5, 0.6) is 5.75 Å². The number of hydrogen-bond acceptors (Lipinski definition) is 3. The summed E-state index contributed by atoms with van der Waals surface area (Å²) in [6, 6.07) is 7.66. The monoisotopic (exact) mass is 437 g/mol. The highest BCUT2D eigenvalue weighted by Crippen LogP contribution is 2.27. The highest BCUT2D eigenvalue weighted by Gasteiger charge is 2.30. The Balaban J connectivity index is 1.26. The van der Waals surface area contributed by atoms with Crippen molar-refractivity contribution in [3.05, 3.63) is 41.6 Å². The number of fused-ring (bicyclic) bond motifs is 1. The first-order valence-corrected chi connectivity index (χ1v) is 12.0. The van der Waals surface area contributed by atoms with Gasteiger partial charge in [0.05, 0.1) is 7.11 Å². The molecule has 0 radical (unpaired) electrons. The Morgan fingerprint density at radius 2 is 2.03 bits per heavy atom. The van der Waals surface area contributed by atoms with Crippen molar-refractivity contribution in [2.24, 2.45) is 11.8 Å². The number of carbonyl (C=O) groups excluding carboxylic acids is 2. The summed E-state index contributed by atoms with van der Waals surface area (Å²) in [5, 5.41) is 4.13. The number of carbonyl (C=O) groups is 2. The molecule has 1 saturated heterocycles. The van der Waals surface area contributed by atoms with E-state index in [0.717, 1.165) is 42.5 Å². The second-order valence-corrected chi connectivity index (χ2v) is 9.20. The third-order valence-electron chi connectivity index (χ3n) is 7.14. The van der Waals surface area contributed by atoms with Crippen LogP contribution in [-0.4, -0.2) is 48.4 Å². The number of benzene rings is 1. The molecule has 4 rings (SSSR count). The van der Waals surface area contributed by atoms with Gasteiger partial charge in [-0.2, -0.15) is 0 Å². The van der Waals surface area contributed by atoms with Gasteiger partial charge < -0.3 is 19.9 Å². The third kappa shape index (κ3) is 5.17. The van der Waals surface area contributed by atoms with Crippen molar-refractivity contribution >= 4 is 22.7 Å². The molecular weight excluding hydrogens is 402 g/mol. The normalized spacial score (nSPS) is 18.3. The Kier molecular flexibility index (Phi) is 7.18. The Hall–Kier alpha value is -2.76. The van der Waals surface area contributed by atoms with Gasteiger partial charge in [-0.25, -0.2) is 0 Å². The van der Waals surface area contributed by atoms with E-state index in [4.69, 9.17) is 4.74 Å². The van der Waals surface area contributed by atoms with Gasteiger partial charge in [0.15, 0.2) is 0 Å². The van der Waals surface area contributed by atoms with E-state index in [9.17, 15) is 9.59 Å². The van der Waals surface area contributed by atoms with Crippen LogP contribution in [0.2, 0.25) is 0 Å². The molecular formula is C26H35N3O3. The molecule has 1 aliphatic heterocycles. The van der Waals surface area contributed by atoms with E-state index in [0.29, 0.717) is 24.7 Å². The van der Waals surface area contributed by atoms with Crippen molar-refractivity contribution < 1.29 is 14.3 Å². The van der Waals surface area contributed by atoms with Crippen LogP contribution in [0.15, 0.2) is 35.9 Å². The van der Waals surface area contributed by atoms with Gasteiger partial charge in [-0.15, -0.1) is 0 Å². The van der Waals surface area contributed by atoms with Crippen molar-refractivity contribution in [2.45, 2.75) is 51.9 Å². The van der Waals surface area contributed by atoms with Gasteiger partial charge in [-0.05, 0) is 69.1 Å². The number of aromatic amines is 1. The summed E-state index contributed by atoms with van der Waals surface area (Å²) in [6.07, 6.45) is 9.98. The van der Waals surface area contributed by atoms with Crippen LogP contribution < -0.4 is 10.1 Å². The maximum atomic E-state index is 13.0. The Bertz CT molecular complexity index is 985. The molecule has 2 amide bonds. The van der Waals surface area contributed by atoms with E-state index < -0.39 is 0 Å². The molecule has 0 saturated carbocycles. The van der Waals surface area contributed by atoms with E-state index in [-0.39, 0.29) is 17.7 Å². The molecule has 2 aliphatic rings. The highest BCUT2D eigenvalue weighted by molar-refractivity contribution is 5.98. The van der Waals surface area contributed by atoms with Crippen molar-refractivity contribution in [2.75, 3.05) is 26.7 Å². The Labute approximate surface area is 190 Å². The summed E-state index contributed by atoms with van der Waals surface area (Å²) in [4.78, 5) is 30.8. The molecule has 1 fully saturated rings. The molecule has 2 heterocycles. The number of nitrogens with one attached hydrogen (secondary N) is 2. The zero-order chi connectivity index (χ0) is 22.5. The number of allylic oxidation sites excluding steroid dienone is 1. The topological polar surface area (TPSA) is 74.4 Å². The number of rotatable bonds is 7. The van der Waals surface area contributed by atoms with Crippen LogP contribution in [0.1, 0.15) is 62.4 Å². The maximum Gasteiger partial charge on any atom is 0.270 e. The zero-order valence-electron chi connectivity index (χ0n) is 19.3. The van der Waals surface area contributed by atoms with E-state index in [1.165, 1.54) is 31.3 Å². The van der Waals surface area contributed by atoms with Gasteiger partial charge in [0.1, 0.15) is 11.4 Å². The van der Waals surface area contributed by atoms with Crippen molar-refractivity contribution in [1.82, 2.24) is 15.2 Å². The second kappa shape index (κ2) is 10.2. The SMILES string of the molecule is COc1ccc2cc(C(=O)N3CCC([C@H](C)C(=O)NCCC4=CCCCC4)CC3)[nH]c2c1. The number of likely N-dealkylation sites (tertiary alicyclic amines) is 1. The van der Waals surface area contributed by atoms with Crippen LogP contribution in [-0.2, 0) is 4.79 Å². The average molecular weight is 438 g/mol. The predicted molar refractivity (Wildman–Crippen MR) is 127 cm³/mol. The lowest BCUT2D eigenvalue weighted by Gasteiger charge is -2.34. The van der Waals surface area contributed by atoms with E-state index in [1.807, 2.05) is 36.1 Å². The molecule has 1 aromatic carbocycles. The van der Waals surface area contributed by atoms with Crippen LogP contribution in [0.25, 0.3) is 10.9 Å². The number of hydrogen-bond donors (Lipinski definition) is 2. The lowest BCUT2D eigenvalue weighted by Crippen LogP contribution is -2.43. The molecule has 6 heteroatoms. The minimum atomic E-state index is -0.0203. The largest absolute Gasteiger partial charge is 0.497 e. The summed E-state index contributed by atoms with van der Waals surface area (Å²) < 4.78 is 5.27. The number of nitrogens with zero attached hydrogens (tertiary/aromatic N) is 1. The molecule has 6 nitrogen and oxygen atoms in total. The van der Waals surface area contributed by atoms with Crippen LogP contribution >= 0.6 is 0 Å². The highest BCUT2D eigenvalue weighted by atomic mass is 16.5. The molecule has 32 heavy (non-hydrogen) atoms. The van der Waals surface area contributed by atoms with Gasteiger partial charge in [0.25, 0.3) is 5.91 Å². The van der Waals surface area contributed by atoms with Gasteiger partial charge in [-0.3, -0.25) is 9.59 Å². The summed E-state index contributed by atoms with van der Waals surface area (Å²) in [5.41, 5.74) is 3.00. The minimum absolute atomic E-state index is 0.0203. The summed E-state index contributed by atoms with van der Waals surface area (Å²) in [7, 11) is 1.63. The van der Waals surface area contributed by atoms with Gasteiger partial charge in [0, 0.05) is 42.5 Å². The molecule has 0 unspecified atom stereocenters. The molecule has 2 N–H and O–H groups in total. The van der Waals surface area contributed by atoms with Crippen LogP contribution in [0.4, 0.5) is 0 Å². The van der Waals surface area contributed by atoms with Gasteiger partial charge in [0.2, 0.25) is 5.91 Å². The Morgan fingerprint density at radius 1 is 1.22 bits per heavy atom. The lowest BCUT2D eigenvalue weighted by molar-refractivity contribution is -0.126. The molecule has 1 atom stereocenters. The number of aromatic nitrogens is 1. The van der Waals surface area contributed by atoms with Crippen LogP contribution in [0.3, 0.4) is 0 Å². The molecule has 0 spiro atoms. The maximum absolute atomic E-state index is 13.0. The number of piperidine rings is 1. The fourth-order valence-electron chi connectivity index (χ4n) is 4.97. The van der Waals surface area contributed by atoms with Crippen LogP contribution in [0, 0.1) is 11.8 Å². The number of methoxy groups -OCH3 is 1. The number of amides is 2. The quantitative estimate of drug-likeness (QED) is 0.618. The molecule has 172 valence electrons. The van der Waals surface area contributed by atoms with Gasteiger partial charge >= 0.3 is 0 Å². The van der Waals surface area contributed by atoms with Crippen molar-refractivity contribution in [3.63, 3.8) is 0 Å². The van der Waals surface area contributed by atoms with E-state index in [1.54, 1.807) is 7.11 Å². The summed E-state index contributed by atoms with van der Waals surface area (Å²) >= 11 is 0. The van der Waals surface area contributed by atoms with Crippen molar-refractivity contribution in [1.29, 1.82) is 0 Å². The summed E-state index contributed by atoms with van der Waals surface area (Å²) in [6.45, 7) is 4.14. The minimum Gasteiger partial charge on any atom is -0.497 e. The van der Waals surface area contributed by atoms with Gasteiger partial charge in [-0.1, -0.05) is 18.6 Å². The van der Waals surface area contributed by atoms with E-state index >= 15 is 0 Å². The predicted octanol–water partition coefficient (Wildman–Crippen LogP) is 4.67. The third-order valence-corrected chi connectivity index (χ3v) is 7.14. The fourth-order valence-corrected chi connectivity index (χ4v) is 4.97. The smallest absolute Gasteiger partial charge is 0.270 e. The first kappa shape index (κ1) is 22.4. The molecule has 0 bridgehead atoms. The zero-order valence-corrected chi connectivity index (χ0v) is 19.3. The molecule has 2 aromatic rings. The standard InChI is InChI=1S/C26H35N3O3/c1-18(25(30)27-13-10-19-6-4-3-5-7-19)20-11-14-29(15-12-20)26(31)24-16-21-8-9-22(32-2)17-23(21)28-24/h6,8-9,16-18,20,28H,3-5,7,10-15H2,1-2H3,(H,27,30)/t18-/m0/s1. The first-order valence-electron chi connectivity index (χ1n) is 12.0. The lowest BCUT2D eigenvalue weighted by atomic mass is 9.84. The fraction of sp³-hybridized carbons (Fsp3) is 0.538. The average Bonchev–Trinajstić information content (AvgIpc) is 3.27. The number of H-pyrrole nitrogens is 1. The molecule has 1 aromatic heterocycles.